The molecule has 0 bridgehead atoms. The van der Waals surface area contributed by atoms with Gasteiger partial charge < -0.3 is 4.98 Å². The summed E-state index contributed by atoms with van der Waals surface area (Å²) in [4.78, 5) is 26.7. The van der Waals surface area contributed by atoms with Crippen LogP contribution in [0.3, 0.4) is 0 Å². The number of pyridine rings is 1. The van der Waals surface area contributed by atoms with Crippen molar-refractivity contribution in [1.29, 1.82) is 0 Å². The van der Waals surface area contributed by atoms with Crippen molar-refractivity contribution < 1.29 is 9.18 Å². The molecular weight excluding hydrogens is 269 g/mol. The summed E-state index contributed by atoms with van der Waals surface area (Å²) in [5.41, 5.74) is 1.29. The minimum atomic E-state index is -0.458. The Morgan fingerprint density at radius 3 is 2.48 bits per heavy atom. The maximum atomic E-state index is 13.6. The van der Waals surface area contributed by atoms with E-state index in [0.29, 0.717) is 22.0 Å². The number of aromatic amines is 1. The summed E-state index contributed by atoms with van der Waals surface area (Å²) in [6, 6.07) is 13.2. The first-order chi connectivity index (χ1) is 10.1. The number of H-pyrrole nitrogens is 1. The lowest BCUT2D eigenvalue weighted by molar-refractivity contribution is 0.101. The zero-order chi connectivity index (χ0) is 15.0. The molecule has 104 valence electrons. The van der Waals surface area contributed by atoms with Gasteiger partial charge in [0.25, 0.3) is 5.56 Å². The molecule has 2 aromatic carbocycles. The number of hydrogen-bond acceptors (Lipinski definition) is 2. The van der Waals surface area contributed by atoms with Gasteiger partial charge in [-0.1, -0.05) is 30.3 Å². The van der Waals surface area contributed by atoms with Crippen LogP contribution >= 0.6 is 0 Å². The molecule has 3 rings (SSSR count). The molecule has 3 aromatic rings. The number of carbonyl (C=O) groups excluding carboxylic acids is 1. The van der Waals surface area contributed by atoms with Crippen LogP contribution in [-0.4, -0.2) is 10.8 Å². The van der Waals surface area contributed by atoms with Crippen LogP contribution in [0, 0.1) is 5.82 Å². The molecule has 0 aliphatic rings. The van der Waals surface area contributed by atoms with Crippen molar-refractivity contribution >= 4 is 16.7 Å². The Kier molecular flexibility index (Phi) is 3.14. The highest BCUT2D eigenvalue weighted by Gasteiger charge is 2.18. The van der Waals surface area contributed by atoms with Crippen molar-refractivity contribution in [2.45, 2.75) is 6.92 Å². The number of halogens is 1. The minimum absolute atomic E-state index is 0.0549. The molecule has 0 amide bonds. The molecule has 0 spiro atoms. The molecular formula is C17H12FNO2. The van der Waals surface area contributed by atoms with E-state index >= 15 is 0 Å². The standard InChI is InChI=1S/C17H12FNO2/c1-10(20)15-16(11-5-3-2-4-6-11)13-9-12(18)7-8-14(13)19-17(15)21/h2-9H,1H3,(H,19,21). The number of carbonyl (C=O) groups is 1. The van der Waals surface area contributed by atoms with Gasteiger partial charge >= 0.3 is 0 Å². The third-order valence-corrected chi connectivity index (χ3v) is 3.39. The van der Waals surface area contributed by atoms with E-state index in [-0.39, 0.29) is 11.3 Å². The van der Waals surface area contributed by atoms with Crippen LogP contribution in [0.2, 0.25) is 0 Å². The lowest BCUT2D eigenvalue weighted by Gasteiger charge is -2.11. The van der Waals surface area contributed by atoms with Gasteiger partial charge in [0.2, 0.25) is 0 Å². The summed E-state index contributed by atoms with van der Waals surface area (Å²) in [5, 5.41) is 0.519. The highest BCUT2D eigenvalue weighted by Crippen LogP contribution is 2.30. The number of benzene rings is 2. The van der Waals surface area contributed by atoms with Crippen LogP contribution in [0.4, 0.5) is 4.39 Å². The predicted octanol–water partition coefficient (Wildman–Crippen LogP) is 3.54. The number of rotatable bonds is 2. The molecule has 1 N–H and O–H groups in total. The Labute approximate surface area is 120 Å². The molecule has 1 aromatic heterocycles. The van der Waals surface area contributed by atoms with Crippen LogP contribution in [0.25, 0.3) is 22.0 Å². The average Bonchev–Trinajstić information content (AvgIpc) is 2.47. The third kappa shape index (κ3) is 2.25. The Morgan fingerprint density at radius 1 is 1.10 bits per heavy atom. The summed E-state index contributed by atoms with van der Waals surface area (Å²) >= 11 is 0. The molecule has 0 aliphatic heterocycles. The molecule has 0 fully saturated rings. The van der Waals surface area contributed by atoms with Crippen molar-refractivity contribution in [3.63, 3.8) is 0 Å². The van der Waals surface area contributed by atoms with E-state index in [1.807, 2.05) is 18.2 Å². The summed E-state index contributed by atoms with van der Waals surface area (Å²) < 4.78 is 13.6. The van der Waals surface area contributed by atoms with Crippen molar-refractivity contribution in [2.75, 3.05) is 0 Å². The molecule has 0 radical (unpaired) electrons. The zero-order valence-corrected chi connectivity index (χ0v) is 11.3. The average molecular weight is 281 g/mol. The normalized spacial score (nSPS) is 10.8. The van der Waals surface area contributed by atoms with Gasteiger partial charge in [0.15, 0.2) is 5.78 Å². The predicted molar refractivity (Wildman–Crippen MR) is 80.0 cm³/mol. The molecule has 4 heteroatoms. The number of nitrogens with one attached hydrogen (secondary N) is 1. The van der Waals surface area contributed by atoms with E-state index in [0.717, 1.165) is 0 Å². The lowest BCUT2D eigenvalue weighted by Crippen LogP contribution is -2.18. The van der Waals surface area contributed by atoms with E-state index in [2.05, 4.69) is 4.98 Å². The lowest BCUT2D eigenvalue weighted by atomic mass is 9.94. The summed E-state index contributed by atoms with van der Waals surface area (Å²) in [5.74, 6) is -0.762. The fourth-order valence-corrected chi connectivity index (χ4v) is 2.51. The number of aromatic nitrogens is 1. The fourth-order valence-electron chi connectivity index (χ4n) is 2.51. The van der Waals surface area contributed by atoms with Crippen LogP contribution in [-0.2, 0) is 0 Å². The van der Waals surface area contributed by atoms with Gasteiger partial charge in [-0.3, -0.25) is 9.59 Å². The Bertz CT molecular complexity index is 898. The minimum Gasteiger partial charge on any atom is -0.321 e. The van der Waals surface area contributed by atoms with Gasteiger partial charge in [0.1, 0.15) is 5.82 Å². The van der Waals surface area contributed by atoms with E-state index in [1.165, 1.54) is 25.1 Å². The molecule has 21 heavy (non-hydrogen) atoms. The topological polar surface area (TPSA) is 49.9 Å². The number of Topliss-reactive ketones (excluding diaryl/α,β-unsaturated/α-hetero) is 1. The second-order valence-electron chi connectivity index (χ2n) is 4.82. The summed E-state index contributed by atoms with van der Waals surface area (Å²) in [7, 11) is 0. The monoisotopic (exact) mass is 281 g/mol. The Morgan fingerprint density at radius 2 is 1.81 bits per heavy atom. The van der Waals surface area contributed by atoms with Gasteiger partial charge in [-0.15, -0.1) is 0 Å². The van der Waals surface area contributed by atoms with Crippen molar-refractivity contribution in [3.05, 3.63) is 70.3 Å². The van der Waals surface area contributed by atoms with E-state index in [1.54, 1.807) is 12.1 Å². The summed E-state index contributed by atoms with van der Waals surface area (Å²) in [6.07, 6.45) is 0. The first kappa shape index (κ1) is 13.2. The van der Waals surface area contributed by atoms with Crippen molar-refractivity contribution in [2.24, 2.45) is 0 Å². The second-order valence-corrected chi connectivity index (χ2v) is 4.82. The highest BCUT2D eigenvalue weighted by atomic mass is 19.1. The molecule has 0 saturated carbocycles. The van der Waals surface area contributed by atoms with Crippen molar-refractivity contribution in [3.8, 4) is 11.1 Å². The second kappa shape index (κ2) is 4.98. The van der Waals surface area contributed by atoms with Gasteiger partial charge in [-0.05, 0) is 30.7 Å². The number of fused-ring (bicyclic) bond motifs is 1. The van der Waals surface area contributed by atoms with Crippen LogP contribution in [0.5, 0.6) is 0 Å². The van der Waals surface area contributed by atoms with Gasteiger partial charge in [-0.2, -0.15) is 0 Å². The van der Waals surface area contributed by atoms with Crippen molar-refractivity contribution in [1.82, 2.24) is 4.98 Å². The highest BCUT2D eigenvalue weighted by molar-refractivity contribution is 6.08. The zero-order valence-electron chi connectivity index (χ0n) is 11.3. The van der Waals surface area contributed by atoms with E-state index in [9.17, 15) is 14.0 Å². The van der Waals surface area contributed by atoms with Gasteiger partial charge in [0.05, 0.1) is 5.56 Å². The molecule has 0 unspecified atom stereocenters. The maximum absolute atomic E-state index is 13.6. The summed E-state index contributed by atoms with van der Waals surface area (Å²) in [6.45, 7) is 1.34. The molecule has 0 saturated heterocycles. The fraction of sp³-hybridized carbons (Fsp3) is 0.0588. The van der Waals surface area contributed by atoms with Crippen LogP contribution < -0.4 is 5.56 Å². The van der Waals surface area contributed by atoms with Crippen LogP contribution in [0.1, 0.15) is 17.3 Å². The van der Waals surface area contributed by atoms with Gasteiger partial charge in [-0.25, -0.2) is 4.39 Å². The first-order valence-electron chi connectivity index (χ1n) is 6.50. The van der Waals surface area contributed by atoms with E-state index < -0.39 is 11.4 Å². The Hall–Kier alpha value is -2.75. The SMILES string of the molecule is CC(=O)c1c(-c2ccccc2)c2cc(F)ccc2[nH]c1=O. The first-order valence-corrected chi connectivity index (χ1v) is 6.50. The smallest absolute Gasteiger partial charge is 0.259 e. The maximum Gasteiger partial charge on any atom is 0.259 e. The molecule has 0 atom stereocenters. The number of ketones is 1. The van der Waals surface area contributed by atoms with Crippen LogP contribution in [0.15, 0.2) is 53.3 Å². The third-order valence-electron chi connectivity index (χ3n) is 3.39. The molecule has 1 heterocycles. The largest absolute Gasteiger partial charge is 0.321 e. The molecule has 3 nitrogen and oxygen atoms in total. The van der Waals surface area contributed by atoms with Gasteiger partial charge in [0, 0.05) is 16.5 Å². The Balaban J connectivity index is 2.53. The quantitative estimate of drug-likeness (QED) is 0.730. The number of hydrogen-bond donors (Lipinski definition) is 1. The van der Waals surface area contributed by atoms with E-state index in [4.69, 9.17) is 0 Å². The molecule has 0 aliphatic carbocycles.